The van der Waals surface area contributed by atoms with Gasteiger partial charge in [0, 0.05) is 5.02 Å². The third-order valence-electron chi connectivity index (χ3n) is 2.07. The molecule has 0 aromatic heterocycles. The fraction of sp³-hybridized carbons (Fsp3) is 0.222. The molecule has 1 aliphatic heterocycles. The zero-order chi connectivity index (χ0) is 10.3. The van der Waals surface area contributed by atoms with Gasteiger partial charge in [0.25, 0.3) is 0 Å². The Morgan fingerprint density at radius 2 is 2.07 bits per heavy atom. The quantitative estimate of drug-likeness (QED) is 0.720. The molecule has 1 heterocycles. The summed E-state index contributed by atoms with van der Waals surface area (Å²) in [5.74, 6) is -0.0956. The first-order valence-corrected chi connectivity index (χ1v) is 4.90. The Kier molecular flexibility index (Phi) is 2.29. The standard InChI is InChI=1S/C9H8Cl2N2O/c1-4-9(14)13-8-6(11)2-5(10)3-7(8)12-4/h2-4,12H,1H3,(H,13,14). The second kappa shape index (κ2) is 3.33. The number of amides is 1. The first-order chi connectivity index (χ1) is 6.58. The number of carbonyl (C=O) groups excluding carboxylic acids is 1. The highest BCUT2D eigenvalue weighted by molar-refractivity contribution is 6.38. The number of fused-ring (bicyclic) bond motifs is 1. The second-order valence-electron chi connectivity index (χ2n) is 3.17. The number of nitrogens with one attached hydrogen (secondary N) is 2. The van der Waals surface area contributed by atoms with Crippen LogP contribution < -0.4 is 10.6 Å². The highest BCUT2D eigenvalue weighted by atomic mass is 35.5. The summed E-state index contributed by atoms with van der Waals surface area (Å²) < 4.78 is 0. The summed E-state index contributed by atoms with van der Waals surface area (Å²) in [6.45, 7) is 1.77. The molecule has 1 amide bonds. The van der Waals surface area contributed by atoms with E-state index in [1.165, 1.54) is 0 Å². The monoisotopic (exact) mass is 230 g/mol. The molecule has 0 fully saturated rings. The van der Waals surface area contributed by atoms with Crippen LogP contribution in [0.25, 0.3) is 0 Å². The van der Waals surface area contributed by atoms with Crippen molar-refractivity contribution in [1.29, 1.82) is 0 Å². The van der Waals surface area contributed by atoms with Crippen LogP contribution in [-0.2, 0) is 4.79 Å². The van der Waals surface area contributed by atoms with Crippen molar-refractivity contribution >= 4 is 40.5 Å². The van der Waals surface area contributed by atoms with Gasteiger partial charge in [-0.2, -0.15) is 0 Å². The lowest BCUT2D eigenvalue weighted by Gasteiger charge is -2.25. The van der Waals surface area contributed by atoms with Gasteiger partial charge in [0.1, 0.15) is 6.04 Å². The Morgan fingerprint density at radius 3 is 2.79 bits per heavy atom. The SMILES string of the molecule is CC1Nc2cc(Cl)cc(Cl)c2NC1=O. The van der Waals surface area contributed by atoms with E-state index in [1.54, 1.807) is 19.1 Å². The fourth-order valence-corrected chi connectivity index (χ4v) is 1.89. The number of rotatable bonds is 0. The van der Waals surface area contributed by atoms with Gasteiger partial charge in [-0.1, -0.05) is 23.2 Å². The minimum atomic E-state index is -0.267. The lowest BCUT2D eigenvalue weighted by Crippen LogP contribution is -2.36. The molecular weight excluding hydrogens is 223 g/mol. The molecule has 0 bridgehead atoms. The van der Waals surface area contributed by atoms with E-state index in [4.69, 9.17) is 23.2 Å². The van der Waals surface area contributed by atoms with Gasteiger partial charge in [0.2, 0.25) is 5.91 Å². The number of benzene rings is 1. The van der Waals surface area contributed by atoms with Crippen molar-refractivity contribution in [2.75, 3.05) is 10.6 Å². The van der Waals surface area contributed by atoms with Gasteiger partial charge in [-0.3, -0.25) is 4.79 Å². The number of hydrogen-bond acceptors (Lipinski definition) is 2. The van der Waals surface area contributed by atoms with Gasteiger partial charge >= 0.3 is 0 Å². The zero-order valence-corrected chi connectivity index (χ0v) is 8.91. The van der Waals surface area contributed by atoms with E-state index in [-0.39, 0.29) is 11.9 Å². The normalized spacial score (nSPS) is 19.6. The summed E-state index contributed by atoms with van der Waals surface area (Å²) in [6.07, 6.45) is 0. The van der Waals surface area contributed by atoms with E-state index < -0.39 is 0 Å². The molecule has 1 aromatic rings. The Morgan fingerprint density at radius 1 is 1.36 bits per heavy atom. The van der Waals surface area contributed by atoms with Crippen molar-refractivity contribution in [2.45, 2.75) is 13.0 Å². The van der Waals surface area contributed by atoms with E-state index in [2.05, 4.69) is 10.6 Å². The molecule has 3 nitrogen and oxygen atoms in total. The van der Waals surface area contributed by atoms with E-state index >= 15 is 0 Å². The number of hydrogen-bond donors (Lipinski definition) is 2. The Bertz CT molecular complexity index is 406. The topological polar surface area (TPSA) is 41.1 Å². The first kappa shape index (κ1) is 9.62. The van der Waals surface area contributed by atoms with Crippen LogP contribution in [-0.4, -0.2) is 11.9 Å². The summed E-state index contributed by atoms with van der Waals surface area (Å²) in [6, 6.07) is 3.07. The maximum Gasteiger partial charge on any atom is 0.246 e. The molecule has 0 saturated heterocycles. The maximum atomic E-state index is 11.3. The van der Waals surface area contributed by atoms with Gasteiger partial charge in [-0.05, 0) is 19.1 Å². The predicted molar refractivity (Wildman–Crippen MR) is 58.2 cm³/mol. The number of carbonyl (C=O) groups is 1. The van der Waals surface area contributed by atoms with E-state index in [9.17, 15) is 4.79 Å². The van der Waals surface area contributed by atoms with Crippen LogP contribution in [0.15, 0.2) is 12.1 Å². The summed E-state index contributed by atoms with van der Waals surface area (Å²) in [5, 5.41) is 6.71. The van der Waals surface area contributed by atoms with E-state index in [1.807, 2.05) is 0 Å². The molecule has 0 radical (unpaired) electrons. The molecule has 2 N–H and O–H groups in total. The van der Waals surface area contributed by atoms with Crippen molar-refractivity contribution < 1.29 is 4.79 Å². The van der Waals surface area contributed by atoms with Gasteiger partial charge < -0.3 is 10.6 Å². The summed E-state index contributed by atoms with van der Waals surface area (Å²) in [4.78, 5) is 11.3. The molecule has 0 aliphatic carbocycles. The van der Waals surface area contributed by atoms with Crippen LogP contribution >= 0.6 is 23.2 Å². The molecule has 1 unspecified atom stereocenters. The fourth-order valence-electron chi connectivity index (χ4n) is 1.34. The average molecular weight is 231 g/mol. The van der Waals surface area contributed by atoms with E-state index in [0.29, 0.717) is 15.7 Å². The van der Waals surface area contributed by atoms with Gasteiger partial charge in [0.15, 0.2) is 0 Å². The van der Waals surface area contributed by atoms with Crippen LogP contribution in [0.5, 0.6) is 0 Å². The highest BCUT2D eigenvalue weighted by Crippen LogP contribution is 2.36. The molecule has 5 heteroatoms. The molecule has 0 saturated carbocycles. The summed E-state index contributed by atoms with van der Waals surface area (Å²) in [7, 11) is 0. The minimum Gasteiger partial charge on any atom is -0.372 e. The predicted octanol–water partition coefficient (Wildman–Crippen LogP) is 2.75. The van der Waals surface area contributed by atoms with Crippen LogP contribution in [0.3, 0.4) is 0 Å². The lowest BCUT2D eigenvalue weighted by atomic mass is 10.1. The first-order valence-electron chi connectivity index (χ1n) is 4.14. The molecule has 14 heavy (non-hydrogen) atoms. The van der Waals surface area contributed by atoms with Crippen LogP contribution in [0.2, 0.25) is 10.0 Å². The largest absolute Gasteiger partial charge is 0.372 e. The Balaban J connectivity index is 2.51. The Labute approximate surface area is 91.4 Å². The Hall–Kier alpha value is -0.930. The second-order valence-corrected chi connectivity index (χ2v) is 4.01. The van der Waals surface area contributed by atoms with Crippen molar-refractivity contribution in [3.63, 3.8) is 0 Å². The number of anilines is 2. The molecule has 1 aromatic carbocycles. The maximum absolute atomic E-state index is 11.3. The molecule has 1 atom stereocenters. The highest BCUT2D eigenvalue weighted by Gasteiger charge is 2.23. The van der Waals surface area contributed by atoms with E-state index in [0.717, 1.165) is 5.69 Å². The van der Waals surface area contributed by atoms with Gasteiger partial charge in [-0.25, -0.2) is 0 Å². The van der Waals surface area contributed by atoms with Crippen LogP contribution in [0, 0.1) is 0 Å². The summed E-state index contributed by atoms with van der Waals surface area (Å²) in [5.41, 5.74) is 1.36. The van der Waals surface area contributed by atoms with Crippen LogP contribution in [0.4, 0.5) is 11.4 Å². The minimum absolute atomic E-state index is 0.0956. The zero-order valence-electron chi connectivity index (χ0n) is 7.40. The molecule has 74 valence electrons. The van der Waals surface area contributed by atoms with Crippen molar-refractivity contribution in [1.82, 2.24) is 0 Å². The third kappa shape index (κ3) is 1.53. The smallest absolute Gasteiger partial charge is 0.246 e. The molecule has 1 aliphatic rings. The molecular formula is C9H8Cl2N2O. The summed E-state index contributed by atoms with van der Waals surface area (Å²) >= 11 is 11.8. The molecule has 2 rings (SSSR count). The average Bonchev–Trinajstić information content (AvgIpc) is 2.08. The third-order valence-corrected chi connectivity index (χ3v) is 2.58. The van der Waals surface area contributed by atoms with Gasteiger partial charge in [0.05, 0.1) is 16.4 Å². The van der Waals surface area contributed by atoms with Crippen molar-refractivity contribution in [3.05, 3.63) is 22.2 Å². The molecule has 0 spiro atoms. The lowest BCUT2D eigenvalue weighted by molar-refractivity contribution is -0.116. The van der Waals surface area contributed by atoms with Crippen LogP contribution in [0.1, 0.15) is 6.92 Å². The van der Waals surface area contributed by atoms with Gasteiger partial charge in [-0.15, -0.1) is 0 Å². The van der Waals surface area contributed by atoms with Crippen molar-refractivity contribution in [3.8, 4) is 0 Å². The number of halogens is 2. The van der Waals surface area contributed by atoms with Crippen molar-refractivity contribution in [2.24, 2.45) is 0 Å².